The molecule has 0 spiro atoms. The molecule has 2 nitrogen and oxygen atoms in total. The first-order valence-electron chi connectivity index (χ1n) is 8.09. The van der Waals surface area contributed by atoms with Crippen molar-refractivity contribution in [2.45, 2.75) is 63.7 Å². The summed E-state index contributed by atoms with van der Waals surface area (Å²) in [6.45, 7) is 4.27. The molecular weight excluding hydrogens is 331 g/mol. The van der Waals surface area contributed by atoms with Crippen LogP contribution < -0.4 is 5.32 Å². The Morgan fingerprint density at radius 1 is 1.29 bits per heavy atom. The lowest BCUT2D eigenvalue weighted by atomic mass is 9.97. The first kappa shape index (κ1) is 15.4. The first-order valence-corrected chi connectivity index (χ1v) is 8.89. The van der Waals surface area contributed by atoms with Crippen LogP contribution in [0.25, 0.3) is 0 Å². The molecule has 116 valence electrons. The number of rotatable bonds is 5. The summed E-state index contributed by atoms with van der Waals surface area (Å²) in [4.78, 5) is 2.60. The van der Waals surface area contributed by atoms with Gasteiger partial charge in [0.2, 0.25) is 0 Å². The third kappa shape index (κ3) is 3.66. The molecular formula is C17H24BrFN2. The number of fused-ring (bicyclic) bond motifs is 2. The van der Waals surface area contributed by atoms with Crippen molar-refractivity contribution in [3.05, 3.63) is 34.1 Å². The Hall–Kier alpha value is -0.450. The van der Waals surface area contributed by atoms with Gasteiger partial charge >= 0.3 is 0 Å². The summed E-state index contributed by atoms with van der Waals surface area (Å²) in [5.74, 6) is -0.174. The molecule has 3 rings (SSSR count). The topological polar surface area (TPSA) is 15.3 Å². The van der Waals surface area contributed by atoms with Crippen LogP contribution in [-0.2, 0) is 6.54 Å². The molecule has 2 aliphatic heterocycles. The Labute approximate surface area is 135 Å². The minimum atomic E-state index is -0.174. The standard InChI is InChI=1S/C17H24BrFN2/c1-2-7-21(11-12-3-4-13(19)8-17(12)18)16-9-14-5-6-15(10-16)20-14/h3-4,8,14-16,20H,2,5-7,9-11H2,1H3. The molecule has 2 aliphatic rings. The predicted molar refractivity (Wildman–Crippen MR) is 87.8 cm³/mol. The van der Waals surface area contributed by atoms with Gasteiger partial charge in [0.25, 0.3) is 0 Å². The number of nitrogens with one attached hydrogen (secondary N) is 1. The van der Waals surface area contributed by atoms with Crippen molar-refractivity contribution in [1.29, 1.82) is 0 Å². The van der Waals surface area contributed by atoms with Gasteiger partial charge in [0.15, 0.2) is 0 Å². The van der Waals surface area contributed by atoms with E-state index in [4.69, 9.17) is 0 Å². The molecule has 1 aromatic carbocycles. The Bertz CT molecular complexity index is 482. The average molecular weight is 355 g/mol. The van der Waals surface area contributed by atoms with E-state index in [1.807, 2.05) is 6.07 Å². The van der Waals surface area contributed by atoms with Crippen LogP contribution >= 0.6 is 15.9 Å². The summed E-state index contributed by atoms with van der Waals surface area (Å²) >= 11 is 3.51. The van der Waals surface area contributed by atoms with E-state index >= 15 is 0 Å². The normalized spacial score (nSPS) is 28.3. The molecule has 4 heteroatoms. The number of nitrogens with zero attached hydrogens (tertiary/aromatic N) is 1. The third-order valence-corrected chi connectivity index (χ3v) is 5.60. The second-order valence-electron chi connectivity index (χ2n) is 6.47. The molecule has 2 unspecified atom stereocenters. The van der Waals surface area contributed by atoms with E-state index in [0.29, 0.717) is 18.1 Å². The zero-order valence-corrected chi connectivity index (χ0v) is 14.2. The summed E-state index contributed by atoms with van der Waals surface area (Å²) in [7, 11) is 0. The van der Waals surface area contributed by atoms with Crippen molar-refractivity contribution in [2.75, 3.05) is 6.54 Å². The van der Waals surface area contributed by atoms with Crippen LogP contribution in [0.1, 0.15) is 44.6 Å². The lowest BCUT2D eigenvalue weighted by Crippen LogP contribution is -2.48. The molecule has 2 heterocycles. The third-order valence-electron chi connectivity index (χ3n) is 4.86. The van der Waals surface area contributed by atoms with Gasteiger partial charge in [-0.2, -0.15) is 0 Å². The molecule has 21 heavy (non-hydrogen) atoms. The summed E-state index contributed by atoms with van der Waals surface area (Å²) in [5.41, 5.74) is 1.19. The number of hydrogen-bond donors (Lipinski definition) is 1. The van der Waals surface area contributed by atoms with Crippen LogP contribution in [-0.4, -0.2) is 29.6 Å². The van der Waals surface area contributed by atoms with Crippen LogP contribution in [0.4, 0.5) is 4.39 Å². The second kappa shape index (κ2) is 6.76. The van der Waals surface area contributed by atoms with Gasteiger partial charge < -0.3 is 5.32 Å². The number of benzene rings is 1. The highest BCUT2D eigenvalue weighted by molar-refractivity contribution is 9.10. The summed E-state index contributed by atoms with van der Waals surface area (Å²) < 4.78 is 14.1. The van der Waals surface area contributed by atoms with Crippen molar-refractivity contribution in [1.82, 2.24) is 10.2 Å². The van der Waals surface area contributed by atoms with Crippen molar-refractivity contribution in [2.24, 2.45) is 0 Å². The second-order valence-corrected chi connectivity index (χ2v) is 7.32. The Kier molecular flexibility index (Phi) is 4.97. The van der Waals surface area contributed by atoms with Crippen molar-refractivity contribution in [3.8, 4) is 0 Å². The van der Waals surface area contributed by atoms with Gasteiger partial charge in [0.05, 0.1) is 0 Å². The minimum Gasteiger partial charge on any atom is -0.311 e. The maximum absolute atomic E-state index is 13.2. The summed E-state index contributed by atoms with van der Waals surface area (Å²) in [5, 5.41) is 3.71. The van der Waals surface area contributed by atoms with Gasteiger partial charge in [-0.1, -0.05) is 28.9 Å². The summed E-state index contributed by atoms with van der Waals surface area (Å²) in [6, 6.07) is 7.15. The highest BCUT2D eigenvalue weighted by Crippen LogP contribution is 2.31. The van der Waals surface area contributed by atoms with Crippen LogP contribution in [0.2, 0.25) is 0 Å². The molecule has 2 saturated heterocycles. The Morgan fingerprint density at radius 2 is 2.00 bits per heavy atom. The first-order chi connectivity index (χ1) is 10.2. The fraction of sp³-hybridized carbons (Fsp3) is 0.647. The molecule has 2 bridgehead atoms. The summed E-state index contributed by atoms with van der Waals surface area (Å²) in [6.07, 6.45) is 6.35. The van der Waals surface area contributed by atoms with Crippen molar-refractivity contribution in [3.63, 3.8) is 0 Å². The molecule has 0 radical (unpaired) electrons. The van der Waals surface area contributed by atoms with E-state index in [2.05, 4.69) is 33.1 Å². The highest BCUT2D eigenvalue weighted by atomic mass is 79.9. The van der Waals surface area contributed by atoms with Crippen LogP contribution in [0, 0.1) is 5.82 Å². The number of piperidine rings is 1. The van der Waals surface area contributed by atoms with Gasteiger partial charge in [-0.25, -0.2) is 4.39 Å². The molecule has 2 fully saturated rings. The maximum Gasteiger partial charge on any atom is 0.124 e. The zero-order valence-electron chi connectivity index (χ0n) is 12.6. The van der Waals surface area contributed by atoms with Crippen LogP contribution in [0.5, 0.6) is 0 Å². The van der Waals surface area contributed by atoms with E-state index < -0.39 is 0 Å². The van der Waals surface area contributed by atoms with Crippen LogP contribution in [0.3, 0.4) is 0 Å². The van der Waals surface area contributed by atoms with E-state index in [-0.39, 0.29) is 5.82 Å². The number of halogens is 2. The van der Waals surface area contributed by atoms with E-state index in [1.165, 1.54) is 31.2 Å². The van der Waals surface area contributed by atoms with E-state index in [0.717, 1.165) is 24.0 Å². The van der Waals surface area contributed by atoms with Crippen molar-refractivity contribution < 1.29 is 4.39 Å². The van der Waals surface area contributed by atoms with Crippen molar-refractivity contribution >= 4 is 15.9 Å². The highest BCUT2D eigenvalue weighted by Gasteiger charge is 2.35. The predicted octanol–water partition coefficient (Wildman–Crippen LogP) is 4.08. The quantitative estimate of drug-likeness (QED) is 0.856. The van der Waals surface area contributed by atoms with Gasteiger partial charge in [0, 0.05) is 29.1 Å². The Morgan fingerprint density at radius 3 is 2.62 bits per heavy atom. The smallest absolute Gasteiger partial charge is 0.124 e. The lowest BCUT2D eigenvalue weighted by Gasteiger charge is -2.38. The monoisotopic (exact) mass is 354 g/mol. The van der Waals surface area contributed by atoms with E-state index in [1.54, 1.807) is 12.1 Å². The molecule has 0 aliphatic carbocycles. The van der Waals surface area contributed by atoms with Crippen LogP contribution in [0.15, 0.2) is 22.7 Å². The fourth-order valence-corrected chi connectivity index (χ4v) is 4.35. The minimum absolute atomic E-state index is 0.174. The molecule has 0 aromatic heterocycles. The fourth-order valence-electron chi connectivity index (χ4n) is 3.87. The molecule has 0 saturated carbocycles. The Balaban J connectivity index is 1.72. The maximum atomic E-state index is 13.2. The molecule has 2 atom stereocenters. The average Bonchev–Trinajstić information content (AvgIpc) is 2.79. The SMILES string of the molecule is CCCN(Cc1ccc(F)cc1Br)C1CC2CCC(C1)N2. The molecule has 0 amide bonds. The van der Waals surface area contributed by atoms with E-state index in [9.17, 15) is 4.39 Å². The molecule has 1 aromatic rings. The van der Waals surface area contributed by atoms with Gasteiger partial charge in [-0.15, -0.1) is 0 Å². The van der Waals surface area contributed by atoms with Gasteiger partial charge in [0.1, 0.15) is 5.82 Å². The van der Waals surface area contributed by atoms with Gasteiger partial charge in [-0.05, 0) is 56.3 Å². The largest absolute Gasteiger partial charge is 0.311 e. The van der Waals surface area contributed by atoms with Gasteiger partial charge in [-0.3, -0.25) is 4.90 Å². The number of hydrogen-bond acceptors (Lipinski definition) is 2. The zero-order chi connectivity index (χ0) is 14.8. The lowest BCUT2D eigenvalue weighted by molar-refractivity contribution is 0.133. The molecule has 1 N–H and O–H groups in total.